The van der Waals surface area contributed by atoms with Gasteiger partial charge in [-0.25, -0.2) is 4.79 Å². The SMILES string of the molecule is CCCCn1c(CNc2ccccc2Cl)c(C(=O)OCC)c2cc(OC)c(Br)cc21. The van der Waals surface area contributed by atoms with Crippen molar-refractivity contribution in [2.75, 3.05) is 19.0 Å². The highest BCUT2D eigenvalue weighted by molar-refractivity contribution is 9.10. The van der Waals surface area contributed by atoms with Crippen molar-refractivity contribution in [1.29, 1.82) is 0 Å². The van der Waals surface area contributed by atoms with Gasteiger partial charge in [-0.05, 0) is 53.5 Å². The first-order chi connectivity index (χ1) is 14.5. The van der Waals surface area contributed by atoms with Crippen LogP contribution in [0.3, 0.4) is 0 Å². The molecule has 0 spiro atoms. The first-order valence-corrected chi connectivity index (χ1v) is 11.2. The Labute approximate surface area is 190 Å². The van der Waals surface area contributed by atoms with Crippen LogP contribution in [0, 0.1) is 0 Å². The first-order valence-electron chi connectivity index (χ1n) is 10.1. The van der Waals surface area contributed by atoms with Crippen LogP contribution >= 0.6 is 27.5 Å². The second-order valence-corrected chi connectivity index (χ2v) is 8.15. The lowest BCUT2D eigenvalue weighted by Gasteiger charge is -2.14. The van der Waals surface area contributed by atoms with Gasteiger partial charge in [0.1, 0.15) is 5.75 Å². The van der Waals surface area contributed by atoms with Crippen LogP contribution in [0.15, 0.2) is 40.9 Å². The minimum absolute atomic E-state index is 0.311. The molecule has 0 saturated carbocycles. The first kappa shape index (κ1) is 22.5. The van der Waals surface area contributed by atoms with Crippen LogP contribution in [0.4, 0.5) is 5.69 Å². The van der Waals surface area contributed by atoms with Gasteiger partial charge in [0.2, 0.25) is 0 Å². The minimum Gasteiger partial charge on any atom is -0.496 e. The normalized spacial score (nSPS) is 11.0. The number of anilines is 1. The standard InChI is InChI=1S/C23H26BrClN2O3/c1-4-6-11-27-19-13-16(24)21(29-3)12-15(19)22(23(28)30-5-2)20(27)14-26-18-10-8-7-9-17(18)25/h7-10,12-13,26H,4-6,11,14H2,1-3H3. The Hall–Kier alpha value is -2.18. The molecule has 0 saturated heterocycles. The summed E-state index contributed by atoms with van der Waals surface area (Å²) in [6, 6.07) is 11.5. The molecule has 3 rings (SSSR count). The van der Waals surface area contributed by atoms with Gasteiger partial charge in [0.25, 0.3) is 0 Å². The number of rotatable bonds is 9. The molecule has 0 atom stereocenters. The summed E-state index contributed by atoms with van der Waals surface area (Å²) in [5.41, 5.74) is 3.22. The number of carbonyl (C=O) groups is 1. The fourth-order valence-electron chi connectivity index (χ4n) is 3.53. The number of hydrogen-bond acceptors (Lipinski definition) is 4. The second-order valence-electron chi connectivity index (χ2n) is 6.88. The summed E-state index contributed by atoms with van der Waals surface area (Å²) in [6.45, 7) is 5.51. The number of halogens is 2. The number of para-hydroxylation sites is 1. The molecule has 1 heterocycles. The highest BCUT2D eigenvalue weighted by atomic mass is 79.9. The lowest BCUT2D eigenvalue weighted by atomic mass is 10.1. The van der Waals surface area contributed by atoms with Crippen LogP contribution < -0.4 is 10.1 Å². The van der Waals surface area contributed by atoms with E-state index in [2.05, 4.69) is 32.7 Å². The van der Waals surface area contributed by atoms with E-state index < -0.39 is 0 Å². The number of benzene rings is 2. The van der Waals surface area contributed by atoms with Crippen molar-refractivity contribution in [3.63, 3.8) is 0 Å². The number of carbonyl (C=O) groups excluding carboxylic acids is 1. The van der Waals surface area contributed by atoms with E-state index in [0.717, 1.165) is 46.1 Å². The van der Waals surface area contributed by atoms with E-state index in [-0.39, 0.29) is 5.97 Å². The monoisotopic (exact) mass is 492 g/mol. The summed E-state index contributed by atoms with van der Waals surface area (Å²) >= 11 is 9.90. The van der Waals surface area contributed by atoms with Crippen LogP contribution in [-0.4, -0.2) is 24.3 Å². The van der Waals surface area contributed by atoms with Gasteiger partial charge in [0, 0.05) is 11.9 Å². The second kappa shape index (κ2) is 10.2. The number of unbranched alkanes of at least 4 members (excludes halogenated alkanes) is 1. The lowest BCUT2D eigenvalue weighted by Crippen LogP contribution is -2.14. The van der Waals surface area contributed by atoms with E-state index in [1.54, 1.807) is 7.11 Å². The molecule has 0 bridgehead atoms. The van der Waals surface area contributed by atoms with E-state index in [1.165, 1.54) is 0 Å². The van der Waals surface area contributed by atoms with Crippen LogP contribution in [-0.2, 0) is 17.8 Å². The maximum absolute atomic E-state index is 13.0. The van der Waals surface area contributed by atoms with Crippen LogP contribution in [0.1, 0.15) is 42.7 Å². The Bertz CT molecular complexity index is 1050. The molecule has 0 aliphatic carbocycles. The van der Waals surface area contributed by atoms with Crippen molar-refractivity contribution in [1.82, 2.24) is 4.57 Å². The third-order valence-corrected chi connectivity index (χ3v) is 5.93. The van der Waals surface area contributed by atoms with Gasteiger partial charge < -0.3 is 19.4 Å². The Morgan fingerprint density at radius 1 is 1.23 bits per heavy atom. The zero-order valence-corrected chi connectivity index (χ0v) is 19.8. The Morgan fingerprint density at radius 2 is 2.00 bits per heavy atom. The molecule has 3 aromatic rings. The molecule has 0 aliphatic rings. The fourth-order valence-corrected chi connectivity index (χ4v) is 4.22. The highest BCUT2D eigenvalue weighted by Gasteiger charge is 2.25. The molecule has 0 unspecified atom stereocenters. The van der Waals surface area contributed by atoms with E-state index in [4.69, 9.17) is 21.1 Å². The topological polar surface area (TPSA) is 52.5 Å². The number of nitrogens with one attached hydrogen (secondary N) is 1. The summed E-state index contributed by atoms with van der Waals surface area (Å²) in [4.78, 5) is 13.0. The number of fused-ring (bicyclic) bond motifs is 1. The molecular formula is C23H26BrClN2O3. The summed E-state index contributed by atoms with van der Waals surface area (Å²) in [7, 11) is 1.61. The van der Waals surface area contributed by atoms with Gasteiger partial charge >= 0.3 is 5.97 Å². The number of ether oxygens (including phenoxy) is 2. The Kier molecular flexibility index (Phi) is 7.67. The number of esters is 1. The third-order valence-electron chi connectivity index (χ3n) is 4.98. The molecule has 5 nitrogen and oxygen atoms in total. The molecule has 0 fully saturated rings. The molecule has 1 N–H and O–H groups in total. The molecular weight excluding hydrogens is 468 g/mol. The minimum atomic E-state index is -0.335. The molecule has 7 heteroatoms. The maximum atomic E-state index is 13.0. The van der Waals surface area contributed by atoms with Gasteiger partial charge in [-0.1, -0.05) is 37.1 Å². The van der Waals surface area contributed by atoms with E-state index >= 15 is 0 Å². The predicted octanol–water partition coefficient (Wildman–Crippen LogP) is 6.65. The van der Waals surface area contributed by atoms with Crippen molar-refractivity contribution in [3.8, 4) is 5.75 Å². The number of aromatic nitrogens is 1. The van der Waals surface area contributed by atoms with E-state index in [9.17, 15) is 4.79 Å². The fraction of sp³-hybridized carbons (Fsp3) is 0.348. The Morgan fingerprint density at radius 3 is 2.67 bits per heavy atom. The largest absolute Gasteiger partial charge is 0.496 e. The summed E-state index contributed by atoms with van der Waals surface area (Å²) < 4.78 is 13.9. The van der Waals surface area contributed by atoms with E-state index in [1.807, 2.05) is 43.3 Å². The van der Waals surface area contributed by atoms with Gasteiger partial charge in [-0.3, -0.25) is 0 Å². The maximum Gasteiger partial charge on any atom is 0.340 e. The zero-order valence-electron chi connectivity index (χ0n) is 17.4. The average Bonchev–Trinajstić information content (AvgIpc) is 3.03. The number of methoxy groups -OCH3 is 1. The van der Waals surface area contributed by atoms with Crippen molar-refractivity contribution < 1.29 is 14.3 Å². The quantitative estimate of drug-likeness (QED) is 0.339. The summed E-state index contributed by atoms with van der Waals surface area (Å²) in [6.07, 6.45) is 2.04. The van der Waals surface area contributed by atoms with Gasteiger partial charge in [0.15, 0.2) is 0 Å². The van der Waals surface area contributed by atoms with Crippen molar-refractivity contribution in [3.05, 3.63) is 57.2 Å². The summed E-state index contributed by atoms with van der Waals surface area (Å²) in [5.74, 6) is 0.337. The third kappa shape index (κ3) is 4.60. The van der Waals surface area contributed by atoms with Crippen LogP contribution in [0.25, 0.3) is 10.9 Å². The van der Waals surface area contributed by atoms with E-state index in [0.29, 0.717) is 29.5 Å². The number of aryl methyl sites for hydroxylation is 1. The lowest BCUT2D eigenvalue weighted by molar-refractivity contribution is 0.0527. The van der Waals surface area contributed by atoms with Crippen LogP contribution in [0.2, 0.25) is 5.02 Å². The van der Waals surface area contributed by atoms with Crippen molar-refractivity contribution in [2.24, 2.45) is 0 Å². The predicted molar refractivity (Wildman–Crippen MR) is 126 cm³/mol. The molecule has 1 aromatic heterocycles. The van der Waals surface area contributed by atoms with Crippen molar-refractivity contribution in [2.45, 2.75) is 39.8 Å². The molecule has 0 amide bonds. The molecule has 2 aromatic carbocycles. The van der Waals surface area contributed by atoms with Gasteiger partial charge in [0.05, 0.1) is 52.2 Å². The van der Waals surface area contributed by atoms with Crippen molar-refractivity contribution >= 4 is 50.1 Å². The summed E-state index contributed by atoms with van der Waals surface area (Å²) in [5, 5.41) is 4.84. The van der Waals surface area contributed by atoms with Gasteiger partial charge in [-0.2, -0.15) is 0 Å². The zero-order chi connectivity index (χ0) is 21.7. The smallest absolute Gasteiger partial charge is 0.340 e. The number of hydrogen-bond donors (Lipinski definition) is 1. The molecule has 30 heavy (non-hydrogen) atoms. The van der Waals surface area contributed by atoms with Gasteiger partial charge in [-0.15, -0.1) is 0 Å². The molecule has 0 radical (unpaired) electrons. The van der Waals surface area contributed by atoms with Crippen LogP contribution in [0.5, 0.6) is 5.75 Å². The average molecular weight is 494 g/mol. The molecule has 160 valence electrons. The number of nitrogens with zero attached hydrogens (tertiary/aromatic N) is 1. The molecule has 0 aliphatic heterocycles. The highest BCUT2D eigenvalue weighted by Crippen LogP contribution is 2.36. The Balaban J connectivity index is 2.18.